The minimum atomic E-state index is 0.0934. The van der Waals surface area contributed by atoms with Gasteiger partial charge in [-0.15, -0.1) is 0 Å². The molecule has 0 saturated heterocycles. The van der Waals surface area contributed by atoms with Gasteiger partial charge in [0.25, 0.3) is 0 Å². The Labute approximate surface area is 107 Å². The van der Waals surface area contributed by atoms with E-state index in [2.05, 4.69) is 28.9 Å². The second-order valence-electron chi connectivity index (χ2n) is 5.17. The number of nitrogens with two attached hydrogens (primary N) is 1. The van der Waals surface area contributed by atoms with Crippen molar-refractivity contribution >= 4 is 11.7 Å². The van der Waals surface area contributed by atoms with E-state index in [0.717, 1.165) is 12.4 Å². The molecule has 5 heteroatoms. The van der Waals surface area contributed by atoms with Crippen LogP contribution in [0.4, 0.5) is 5.82 Å². The van der Waals surface area contributed by atoms with Crippen LogP contribution in [0, 0.1) is 5.92 Å². The van der Waals surface area contributed by atoms with Crippen molar-refractivity contribution in [3.63, 3.8) is 0 Å². The van der Waals surface area contributed by atoms with Crippen molar-refractivity contribution in [1.29, 1.82) is 0 Å². The van der Waals surface area contributed by atoms with Gasteiger partial charge in [-0.1, -0.05) is 19.0 Å². The summed E-state index contributed by atoms with van der Waals surface area (Å²) in [5.74, 6) is 1.67. The highest BCUT2D eigenvalue weighted by molar-refractivity contribution is 5.96. The smallest absolute Gasteiger partial charge is 0.171 e. The van der Waals surface area contributed by atoms with Crippen LogP contribution in [0.15, 0.2) is 23.5 Å². The topological polar surface area (TPSA) is 74.7 Å². The third-order valence-electron chi connectivity index (χ3n) is 3.00. The molecular weight excluding hydrogens is 228 g/mol. The molecule has 0 bridgehead atoms. The van der Waals surface area contributed by atoms with Crippen LogP contribution in [0.1, 0.15) is 32.3 Å². The number of amidine groups is 1. The molecule has 0 aliphatic heterocycles. The average Bonchev–Trinajstić information content (AvgIpc) is 3.19. The highest BCUT2D eigenvalue weighted by Crippen LogP contribution is 2.31. The summed E-state index contributed by atoms with van der Waals surface area (Å²) in [5.41, 5.74) is 6.16. The Balaban J connectivity index is 2.15. The molecule has 3 N–H and O–H groups in total. The predicted molar refractivity (Wildman–Crippen MR) is 72.0 cm³/mol. The first kappa shape index (κ1) is 12.7. The zero-order valence-corrected chi connectivity index (χ0v) is 10.9. The van der Waals surface area contributed by atoms with E-state index in [1.54, 1.807) is 6.20 Å². The van der Waals surface area contributed by atoms with Gasteiger partial charge in [-0.25, -0.2) is 4.98 Å². The van der Waals surface area contributed by atoms with E-state index in [1.807, 2.05) is 12.1 Å². The van der Waals surface area contributed by atoms with Crippen LogP contribution in [0.3, 0.4) is 0 Å². The first-order valence-electron chi connectivity index (χ1n) is 6.32. The molecule has 98 valence electrons. The molecule has 18 heavy (non-hydrogen) atoms. The summed E-state index contributed by atoms with van der Waals surface area (Å²) >= 11 is 0. The fourth-order valence-electron chi connectivity index (χ4n) is 1.97. The number of rotatable bonds is 5. The number of oxime groups is 1. The number of hydrogen-bond acceptors (Lipinski definition) is 4. The number of nitrogens with zero attached hydrogens (tertiary/aromatic N) is 3. The average molecular weight is 248 g/mol. The largest absolute Gasteiger partial charge is 0.409 e. The molecule has 0 radical (unpaired) electrons. The van der Waals surface area contributed by atoms with Crippen LogP contribution in [0.25, 0.3) is 0 Å². The Hall–Kier alpha value is -1.78. The van der Waals surface area contributed by atoms with Crippen molar-refractivity contribution in [2.24, 2.45) is 16.8 Å². The van der Waals surface area contributed by atoms with Gasteiger partial charge in [-0.05, 0) is 30.9 Å². The van der Waals surface area contributed by atoms with Crippen molar-refractivity contribution < 1.29 is 5.21 Å². The summed E-state index contributed by atoms with van der Waals surface area (Å²) in [6.45, 7) is 5.43. The van der Waals surface area contributed by atoms with Gasteiger partial charge in [0.15, 0.2) is 5.84 Å². The van der Waals surface area contributed by atoms with Gasteiger partial charge in [0.1, 0.15) is 5.82 Å². The number of hydrogen-bond donors (Lipinski definition) is 2. The summed E-state index contributed by atoms with van der Waals surface area (Å²) in [6.07, 6.45) is 4.15. The molecule has 1 aliphatic carbocycles. The molecule has 0 atom stereocenters. The van der Waals surface area contributed by atoms with E-state index in [-0.39, 0.29) is 5.84 Å². The van der Waals surface area contributed by atoms with Crippen LogP contribution in [0.2, 0.25) is 0 Å². The first-order valence-corrected chi connectivity index (χ1v) is 6.32. The Kier molecular flexibility index (Phi) is 3.69. The lowest BCUT2D eigenvalue weighted by Gasteiger charge is -2.25. The molecule has 0 unspecified atom stereocenters. The Morgan fingerprint density at radius 3 is 2.72 bits per heavy atom. The van der Waals surface area contributed by atoms with Crippen LogP contribution in [-0.4, -0.2) is 28.6 Å². The fourth-order valence-corrected chi connectivity index (χ4v) is 1.97. The maximum Gasteiger partial charge on any atom is 0.171 e. The SMILES string of the molecule is CC(C)CN(c1ccc(/C(N)=N/O)cn1)C1CC1. The molecular formula is C13H20N4O. The highest BCUT2D eigenvalue weighted by Gasteiger charge is 2.30. The van der Waals surface area contributed by atoms with Crippen molar-refractivity contribution in [2.75, 3.05) is 11.4 Å². The van der Waals surface area contributed by atoms with Gasteiger partial charge in [-0.3, -0.25) is 0 Å². The minimum Gasteiger partial charge on any atom is -0.409 e. The highest BCUT2D eigenvalue weighted by atomic mass is 16.4. The quantitative estimate of drug-likeness (QED) is 0.360. The van der Waals surface area contributed by atoms with E-state index in [0.29, 0.717) is 17.5 Å². The zero-order valence-electron chi connectivity index (χ0n) is 10.9. The van der Waals surface area contributed by atoms with E-state index >= 15 is 0 Å². The van der Waals surface area contributed by atoms with E-state index in [4.69, 9.17) is 10.9 Å². The zero-order chi connectivity index (χ0) is 13.1. The lowest BCUT2D eigenvalue weighted by atomic mass is 10.2. The van der Waals surface area contributed by atoms with Gasteiger partial charge in [0.2, 0.25) is 0 Å². The van der Waals surface area contributed by atoms with E-state index in [1.165, 1.54) is 12.8 Å². The van der Waals surface area contributed by atoms with Gasteiger partial charge in [-0.2, -0.15) is 0 Å². The molecule has 1 fully saturated rings. The summed E-state index contributed by atoms with van der Waals surface area (Å²) in [5, 5.41) is 11.6. The van der Waals surface area contributed by atoms with E-state index < -0.39 is 0 Å². The Morgan fingerprint density at radius 2 is 2.28 bits per heavy atom. The Bertz CT molecular complexity index is 423. The van der Waals surface area contributed by atoms with Crippen molar-refractivity contribution in [3.8, 4) is 0 Å². The summed E-state index contributed by atoms with van der Waals surface area (Å²) in [4.78, 5) is 6.76. The molecule has 2 rings (SSSR count). The number of aromatic nitrogens is 1. The molecule has 0 aromatic carbocycles. The predicted octanol–water partition coefficient (Wildman–Crippen LogP) is 1.80. The lowest BCUT2D eigenvalue weighted by molar-refractivity contribution is 0.318. The fraction of sp³-hybridized carbons (Fsp3) is 0.538. The normalized spacial score (nSPS) is 16.1. The monoisotopic (exact) mass is 248 g/mol. The van der Waals surface area contributed by atoms with Crippen molar-refractivity contribution in [3.05, 3.63) is 23.9 Å². The third-order valence-corrected chi connectivity index (χ3v) is 3.00. The maximum atomic E-state index is 8.61. The van der Waals surface area contributed by atoms with Crippen LogP contribution < -0.4 is 10.6 Å². The van der Waals surface area contributed by atoms with Crippen LogP contribution >= 0.6 is 0 Å². The van der Waals surface area contributed by atoms with Crippen molar-refractivity contribution in [2.45, 2.75) is 32.7 Å². The molecule has 0 amide bonds. The van der Waals surface area contributed by atoms with Crippen LogP contribution in [-0.2, 0) is 0 Å². The maximum absolute atomic E-state index is 8.61. The molecule has 1 saturated carbocycles. The molecule has 5 nitrogen and oxygen atoms in total. The molecule has 1 heterocycles. The van der Waals surface area contributed by atoms with Gasteiger partial charge >= 0.3 is 0 Å². The first-order chi connectivity index (χ1) is 8.61. The summed E-state index contributed by atoms with van der Waals surface area (Å²) in [7, 11) is 0. The minimum absolute atomic E-state index is 0.0934. The summed E-state index contributed by atoms with van der Waals surface area (Å²) in [6, 6.07) is 4.41. The van der Waals surface area contributed by atoms with Gasteiger partial charge < -0.3 is 15.8 Å². The van der Waals surface area contributed by atoms with Crippen molar-refractivity contribution in [1.82, 2.24) is 4.98 Å². The molecule has 0 spiro atoms. The number of pyridine rings is 1. The molecule has 1 aromatic rings. The lowest BCUT2D eigenvalue weighted by Crippen LogP contribution is -2.30. The second kappa shape index (κ2) is 5.25. The standard InChI is InChI=1S/C13H20N4O/c1-9(2)8-17(11-4-5-11)12-6-3-10(7-15-12)13(14)16-18/h3,6-7,9,11,18H,4-5,8H2,1-2H3,(H2,14,16). The molecule has 1 aliphatic rings. The van der Waals surface area contributed by atoms with Gasteiger partial charge in [0, 0.05) is 24.3 Å². The molecule has 1 aromatic heterocycles. The number of anilines is 1. The van der Waals surface area contributed by atoms with E-state index in [9.17, 15) is 0 Å². The van der Waals surface area contributed by atoms with Gasteiger partial charge in [0.05, 0.1) is 0 Å². The Morgan fingerprint density at radius 1 is 1.56 bits per heavy atom. The third kappa shape index (κ3) is 2.91. The van der Waals surface area contributed by atoms with Crippen LogP contribution in [0.5, 0.6) is 0 Å². The summed E-state index contributed by atoms with van der Waals surface area (Å²) < 4.78 is 0. The second-order valence-corrected chi connectivity index (χ2v) is 5.17.